The highest BCUT2D eigenvalue weighted by atomic mass is 32.2. The number of carbonyl (C=O) groups excluding carboxylic acids is 2. The highest BCUT2D eigenvalue weighted by molar-refractivity contribution is 7.92. The molecule has 0 aliphatic rings. The van der Waals surface area contributed by atoms with Gasteiger partial charge in [0.25, 0.3) is 10.0 Å². The van der Waals surface area contributed by atoms with Crippen LogP contribution in [0.4, 0.5) is 5.69 Å². The fourth-order valence-electron chi connectivity index (χ4n) is 4.84. The number of anilines is 1. The smallest absolute Gasteiger partial charge is 0.264 e. The van der Waals surface area contributed by atoms with Crippen LogP contribution in [0.15, 0.2) is 108 Å². The van der Waals surface area contributed by atoms with Gasteiger partial charge in [-0.3, -0.25) is 13.9 Å². The van der Waals surface area contributed by atoms with E-state index in [1.165, 1.54) is 11.9 Å². The van der Waals surface area contributed by atoms with Crippen molar-refractivity contribution in [1.29, 1.82) is 0 Å². The first kappa shape index (κ1) is 30.5. The van der Waals surface area contributed by atoms with Crippen LogP contribution in [-0.4, -0.2) is 44.8 Å². The van der Waals surface area contributed by atoms with Crippen LogP contribution in [0.2, 0.25) is 0 Å². The predicted octanol–water partition coefficient (Wildman–Crippen LogP) is 5.19. The van der Waals surface area contributed by atoms with Gasteiger partial charge in [0.2, 0.25) is 11.8 Å². The SMILES string of the molecule is CNC(=O)[C@@H](Cc1ccccc1)N(Cc1ccccc1C)C(=O)CN(c1cccc(C)c1)S(=O)(=O)c1ccc(C)cc1. The molecule has 0 bridgehead atoms. The minimum atomic E-state index is -4.12. The highest BCUT2D eigenvalue weighted by Gasteiger charge is 2.34. The Balaban J connectivity index is 1.80. The molecular formula is C34H37N3O4S. The van der Waals surface area contributed by atoms with Gasteiger partial charge in [-0.15, -0.1) is 0 Å². The van der Waals surface area contributed by atoms with Crippen LogP contribution in [0.25, 0.3) is 0 Å². The monoisotopic (exact) mass is 583 g/mol. The molecule has 0 aromatic heterocycles. The van der Waals surface area contributed by atoms with E-state index in [4.69, 9.17) is 0 Å². The van der Waals surface area contributed by atoms with E-state index in [9.17, 15) is 18.0 Å². The highest BCUT2D eigenvalue weighted by Crippen LogP contribution is 2.26. The number of likely N-dealkylation sites (N-methyl/N-ethyl adjacent to an activating group) is 1. The molecule has 0 unspecified atom stereocenters. The molecule has 2 amide bonds. The van der Waals surface area contributed by atoms with E-state index < -0.39 is 28.5 Å². The number of hydrogen-bond acceptors (Lipinski definition) is 4. The lowest BCUT2D eigenvalue weighted by molar-refractivity contribution is -0.139. The first-order valence-corrected chi connectivity index (χ1v) is 15.3. The van der Waals surface area contributed by atoms with Crippen LogP contribution < -0.4 is 9.62 Å². The van der Waals surface area contributed by atoms with Crippen molar-refractivity contribution in [3.8, 4) is 0 Å². The quantitative estimate of drug-likeness (QED) is 0.263. The average Bonchev–Trinajstić information content (AvgIpc) is 2.98. The molecule has 0 aliphatic heterocycles. The van der Waals surface area contributed by atoms with Crippen LogP contribution in [0.3, 0.4) is 0 Å². The third-order valence-electron chi connectivity index (χ3n) is 7.30. The Kier molecular flexibility index (Phi) is 9.80. The van der Waals surface area contributed by atoms with Gasteiger partial charge >= 0.3 is 0 Å². The van der Waals surface area contributed by atoms with Crippen LogP contribution in [-0.2, 0) is 32.6 Å². The van der Waals surface area contributed by atoms with Gasteiger partial charge in [0.15, 0.2) is 0 Å². The number of amides is 2. The zero-order chi connectivity index (χ0) is 30.3. The summed E-state index contributed by atoms with van der Waals surface area (Å²) in [5, 5.41) is 2.71. The molecule has 1 atom stereocenters. The molecule has 0 radical (unpaired) electrons. The summed E-state index contributed by atoms with van der Waals surface area (Å²) in [6.45, 7) is 5.36. The van der Waals surface area contributed by atoms with Gasteiger partial charge < -0.3 is 10.2 Å². The van der Waals surface area contributed by atoms with Crippen LogP contribution in [0.5, 0.6) is 0 Å². The molecule has 0 saturated heterocycles. The van der Waals surface area contributed by atoms with Crippen LogP contribution in [0, 0.1) is 20.8 Å². The third kappa shape index (κ3) is 7.25. The Morgan fingerprint density at radius 1 is 0.786 bits per heavy atom. The summed E-state index contributed by atoms with van der Waals surface area (Å²) in [6, 6.07) is 29.9. The van der Waals surface area contributed by atoms with Crippen molar-refractivity contribution in [3.63, 3.8) is 0 Å². The van der Waals surface area contributed by atoms with E-state index in [2.05, 4.69) is 5.32 Å². The first-order chi connectivity index (χ1) is 20.1. The van der Waals surface area contributed by atoms with Gasteiger partial charge in [-0.1, -0.05) is 84.4 Å². The minimum Gasteiger partial charge on any atom is -0.357 e. The molecule has 4 rings (SSSR count). The standard InChI is InChI=1S/C34H37N3O4S/c1-25-17-19-31(20-18-25)42(40,41)37(30-16-10-11-26(2)21-30)24-33(38)36(23-29-15-9-8-12-27(29)3)32(34(39)35-4)22-28-13-6-5-7-14-28/h5-21,32H,22-24H2,1-4H3,(H,35,39)/t32-/m1/s1. The number of benzene rings is 4. The lowest BCUT2D eigenvalue weighted by Crippen LogP contribution is -2.53. The molecule has 1 N–H and O–H groups in total. The average molecular weight is 584 g/mol. The van der Waals surface area contributed by atoms with Gasteiger partial charge in [0.1, 0.15) is 12.6 Å². The fourth-order valence-corrected chi connectivity index (χ4v) is 6.25. The number of rotatable bonds is 11. The molecule has 0 aliphatic carbocycles. The summed E-state index contributed by atoms with van der Waals surface area (Å²) in [5.41, 5.74) is 4.87. The van der Waals surface area contributed by atoms with E-state index in [1.54, 1.807) is 42.5 Å². The lowest BCUT2D eigenvalue weighted by Gasteiger charge is -2.34. The first-order valence-electron chi connectivity index (χ1n) is 13.9. The maximum Gasteiger partial charge on any atom is 0.264 e. The van der Waals surface area contributed by atoms with Crippen molar-refractivity contribution in [1.82, 2.24) is 10.2 Å². The number of nitrogens with zero attached hydrogens (tertiary/aromatic N) is 2. The maximum atomic E-state index is 14.4. The molecular weight excluding hydrogens is 546 g/mol. The molecule has 4 aromatic carbocycles. The van der Waals surface area contributed by atoms with Gasteiger partial charge in [-0.25, -0.2) is 8.42 Å². The molecule has 8 heteroatoms. The van der Waals surface area contributed by atoms with E-state index in [0.717, 1.165) is 32.1 Å². The van der Waals surface area contributed by atoms with Crippen molar-refractivity contribution < 1.29 is 18.0 Å². The van der Waals surface area contributed by atoms with Crippen molar-refractivity contribution >= 4 is 27.5 Å². The van der Waals surface area contributed by atoms with Crippen molar-refractivity contribution in [2.45, 2.75) is 44.7 Å². The molecule has 0 spiro atoms. The molecule has 7 nitrogen and oxygen atoms in total. The molecule has 42 heavy (non-hydrogen) atoms. The molecule has 0 saturated carbocycles. The summed E-state index contributed by atoms with van der Waals surface area (Å²) in [6.07, 6.45) is 0.271. The van der Waals surface area contributed by atoms with Gasteiger partial charge in [0, 0.05) is 20.0 Å². The number of aryl methyl sites for hydroxylation is 3. The van der Waals surface area contributed by atoms with E-state index in [1.807, 2.05) is 81.4 Å². The molecule has 218 valence electrons. The normalized spacial score (nSPS) is 11.9. The Bertz CT molecular complexity index is 1640. The molecule has 4 aromatic rings. The Labute approximate surface area is 248 Å². The van der Waals surface area contributed by atoms with Crippen LogP contribution >= 0.6 is 0 Å². The Morgan fingerprint density at radius 3 is 2.10 bits per heavy atom. The number of nitrogens with one attached hydrogen (secondary N) is 1. The van der Waals surface area contributed by atoms with E-state index in [-0.39, 0.29) is 23.8 Å². The van der Waals surface area contributed by atoms with Crippen molar-refractivity contribution in [2.24, 2.45) is 0 Å². The summed E-state index contributed by atoms with van der Waals surface area (Å²) in [7, 11) is -2.58. The van der Waals surface area contributed by atoms with Crippen LogP contribution in [0.1, 0.15) is 27.8 Å². The van der Waals surface area contributed by atoms with Gasteiger partial charge in [0.05, 0.1) is 10.6 Å². The topological polar surface area (TPSA) is 86.8 Å². The molecule has 0 heterocycles. The zero-order valence-electron chi connectivity index (χ0n) is 24.4. The van der Waals surface area contributed by atoms with Crippen molar-refractivity contribution in [2.75, 3.05) is 17.9 Å². The summed E-state index contributed by atoms with van der Waals surface area (Å²) >= 11 is 0. The Morgan fingerprint density at radius 2 is 1.45 bits per heavy atom. The van der Waals surface area contributed by atoms with E-state index >= 15 is 0 Å². The largest absolute Gasteiger partial charge is 0.357 e. The summed E-state index contributed by atoms with van der Waals surface area (Å²) < 4.78 is 29.2. The Hall–Kier alpha value is -4.43. The summed E-state index contributed by atoms with van der Waals surface area (Å²) in [4.78, 5) is 29.3. The van der Waals surface area contributed by atoms with Gasteiger partial charge in [-0.05, 0) is 67.3 Å². The van der Waals surface area contributed by atoms with Gasteiger partial charge in [-0.2, -0.15) is 0 Å². The number of hydrogen-bond donors (Lipinski definition) is 1. The zero-order valence-corrected chi connectivity index (χ0v) is 25.3. The predicted molar refractivity (Wildman–Crippen MR) is 167 cm³/mol. The second-order valence-corrected chi connectivity index (χ2v) is 12.3. The maximum absolute atomic E-state index is 14.4. The lowest BCUT2D eigenvalue weighted by atomic mass is 10.0. The van der Waals surface area contributed by atoms with Crippen molar-refractivity contribution in [3.05, 3.63) is 131 Å². The number of carbonyl (C=O) groups is 2. The molecule has 0 fully saturated rings. The minimum absolute atomic E-state index is 0.0833. The fraction of sp³-hybridized carbons (Fsp3) is 0.235. The third-order valence-corrected chi connectivity index (χ3v) is 9.09. The second-order valence-electron chi connectivity index (χ2n) is 10.4. The second kappa shape index (κ2) is 13.5. The number of sulfonamides is 1. The van der Waals surface area contributed by atoms with E-state index in [0.29, 0.717) is 5.69 Å². The summed E-state index contributed by atoms with van der Waals surface area (Å²) in [5.74, 6) is -0.815.